The highest BCUT2D eigenvalue weighted by Gasteiger charge is 2.23. The molecule has 1 aromatic heterocycles. The Bertz CT molecular complexity index is 954. The zero-order chi connectivity index (χ0) is 21.6. The van der Waals surface area contributed by atoms with Crippen molar-refractivity contribution in [3.8, 4) is 0 Å². The molecule has 0 unspecified atom stereocenters. The van der Waals surface area contributed by atoms with Crippen molar-refractivity contribution in [3.05, 3.63) is 54.0 Å². The number of ether oxygens (including phenoxy) is 1. The van der Waals surface area contributed by atoms with E-state index in [0.29, 0.717) is 11.7 Å². The van der Waals surface area contributed by atoms with Crippen LogP contribution in [0, 0.1) is 5.92 Å². The fraction of sp³-hybridized carbons (Fsp3) is 0.429. The molecule has 8 nitrogen and oxygen atoms in total. The molecule has 2 N–H and O–H groups in total. The number of carbonyl (C=O) groups excluding carboxylic acids is 2. The Hall–Kier alpha value is -2.65. The second-order valence-electron chi connectivity index (χ2n) is 7.44. The van der Waals surface area contributed by atoms with Gasteiger partial charge in [-0.2, -0.15) is 0 Å². The van der Waals surface area contributed by atoms with Gasteiger partial charge in [0, 0.05) is 6.04 Å². The Morgan fingerprint density at radius 3 is 2.53 bits per heavy atom. The first-order valence-corrected chi connectivity index (χ1v) is 11.4. The van der Waals surface area contributed by atoms with Crippen LogP contribution >= 0.6 is 0 Å². The summed E-state index contributed by atoms with van der Waals surface area (Å²) in [5.41, 5.74) is 0.166. The number of hydrogen-bond donors (Lipinski definition) is 2. The second kappa shape index (κ2) is 9.90. The molecule has 1 saturated carbocycles. The lowest BCUT2D eigenvalue weighted by molar-refractivity contribution is -0.125. The van der Waals surface area contributed by atoms with Crippen molar-refractivity contribution < 1.29 is 27.2 Å². The number of benzene rings is 1. The minimum Gasteiger partial charge on any atom is -0.468 e. The fourth-order valence-electron chi connectivity index (χ4n) is 3.43. The molecule has 0 aliphatic heterocycles. The van der Waals surface area contributed by atoms with Crippen LogP contribution in [0.25, 0.3) is 0 Å². The van der Waals surface area contributed by atoms with Crippen LogP contribution in [0.5, 0.6) is 0 Å². The van der Waals surface area contributed by atoms with E-state index in [4.69, 9.17) is 9.15 Å². The van der Waals surface area contributed by atoms with Gasteiger partial charge in [0.15, 0.2) is 6.61 Å². The minimum absolute atomic E-state index is 0.00892. The lowest BCUT2D eigenvalue weighted by Gasteiger charge is -2.29. The van der Waals surface area contributed by atoms with E-state index in [0.717, 1.165) is 19.3 Å². The van der Waals surface area contributed by atoms with Gasteiger partial charge in [-0.25, -0.2) is 17.9 Å². The lowest BCUT2D eigenvalue weighted by Crippen LogP contribution is -2.42. The molecule has 0 radical (unpaired) electrons. The molecule has 1 aliphatic rings. The maximum Gasteiger partial charge on any atom is 0.338 e. The number of sulfonamides is 1. The van der Waals surface area contributed by atoms with Crippen LogP contribution in [0.3, 0.4) is 0 Å². The second-order valence-corrected chi connectivity index (χ2v) is 9.21. The molecule has 30 heavy (non-hydrogen) atoms. The molecule has 0 saturated heterocycles. The SMILES string of the molecule is C[C@@H]1CCCC[C@H]1NC(=O)COC(=O)c1ccc(S(=O)(=O)NCc2ccco2)cc1. The van der Waals surface area contributed by atoms with Gasteiger partial charge in [0.25, 0.3) is 5.91 Å². The fourth-order valence-corrected chi connectivity index (χ4v) is 4.42. The molecule has 162 valence electrons. The van der Waals surface area contributed by atoms with Crippen molar-refractivity contribution in [2.24, 2.45) is 5.92 Å². The topological polar surface area (TPSA) is 115 Å². The summed E-state index contributed by atoms with van der Waals surface area (Å²) in [6.45, 7) is 1.76. The number of esters is 1. The summed E-state index contributed by atoms with van der Waals surface area (Å²) in [5, 5.41) is 2.92. The number of nitrogens with one attached hydrogen (secondary N) is 2. The van der Waals surface area contributed by atoms with Crippen LogP contribution < -0.4 is 10.0 Å². The summed E-state index contributed by atoms with van der Waals surface area (Å²) in [5.74, 6) is -0.119. The molecule has 2 aromatic rings. The molecule has 9 heteroatoms. The third-order valence-corrected chi connectivity index (χ3v) is 6.63. The molecule has 1 heterocycles. The van der Waals surface area contributed by atoms with E-state index in [1.54, 1.807) is 12.1 Å². The third kappa shape index (κ3) is 5.93. The van der Waals surface area contributed by atoms with E-state index in [1.807, 2.05) is 0 Å². The van der Waals surface area contributed by atoms with Gasteiger partial charge < -0.3 is 14.5 Å². The van der Waals surface area contributed by atoms with E-state index < -0.39 is 16.0 Å². The summed E-state index contributed by atoms with van der Waals surface area (Å²) in [4.78, 5) is 24.2. The molecule has 3 rings (SSSR count). The van der Waals surface area contributed by atoms with Gasteiger partial charge in [0.2, 0.25) is 10.0 Å². The van der Waals surface area contributed by atoms with Crippen molar-refractivity contribution in [2.75, 3.05) is 6.61 Å². The average molecular weight is 435 g/mol. The van der Waals surface area contributed by atoms with Gasteiger partial charge in [0.1, 0.15) is 5.76 Å². The summed E-state index contributed by atoms with van der Waals surface area (Å²) in [6, 6.07) is 8.77. The van der Waals surface area contributed by atoms with Crippen LogP contribution in [-0.2, 0) is 26.1 Å². The van der Waals surface area contributed by atoms with Crippen molar-refractivity contribution in [2.45, 2.75) is 50.1 Å². The molecular formula is C21H26N2O6S. The van der Waals surface area contributed by atoms with Crippen molar-refractivity contribution >= 4 is 21.9 Å². The first kappa shape index (κ1) is 22.0. The molecule has 1 aliphatic carbocycles. The number of carbonyl (C=O) groups is 2. The van der Waals surface area contributed by atoms with Crippen LogP contribution in [0.1, 0.15) is 48.7 Å². The smallest absolute Gasteiger partial charge is 0.338 e. The zero-order valence-electron chi connectivity index (χ0n) is 16.8. The van der Waals surface area contributed by atoms with Gasteiger partial charge in [-0.05, 0) is 55.2 Å². The minimum atomic E-state index is -3.75. The molecule has 1 fully saturated rings. The van der Waals surface area contributed by atoms with Gasteiger partial charge in [-0.15, -0.1) is 0 Å². The van der Waals surface area contributed by atoms with Crippen LogP contribution in [0.15, 0.2) is 52.0 Å². The largest absolute Gasteiger partial charge is 0.468 e. The van der Waals surface area contributed by atoms with E-state index in [-0.39, 0.29) is 35.6 Å². The number of furan rings is 1. The van der Waals surface area contributed by atoms with Crippen molar-refractivity contribution in [1.29, 1.82) is 0 Å². The number of amides is 1. The van der Waals surface area contributed by atoms with Crippen molar-refractivity contribution in [1.82, 2.24) is 10.0 Å². The molecule has 1 amide bonds. The highest BCUT2D eigenvalue weighted by molar-refractivity contribution is 7.89. The van der Waals surface area contributed by atoms with Gasteiger partial charge >= 0.3 is 5.97 Å². The Morgan fingerprint density at radius 1 is 1.13 bits per heavy atom. The molecule has 2 atom stereocenters. The monoisotopic (exact) mass is 434 g/mol. The van der Waals surface area contributed by atoms with E-state index in [9.17, 15) is 18.0 Å². The Morgan fingerprint density at radius 2 is 1.87 bits per heavy atom. The van der Waals surface area contributed by atoms with Gasteiger partial charge in [-0.1, -0.05) is 19.8 Å². The maximum absolute atomic E-state index is 12.3. The molecule has 0 spiro atoms. The summed E-state index contributed by atoms with van der Waals surface area (Å²) < 4.78 is 37.2. The van der Waals surface area contributed by atoms with Crippen LogP contribution in [-0.4, -0.2) is 32.9 Å². The normalized spacial score (nSPS) is 19.2. The van der Waals surface area contributed by atoms with Gasteiger partial charge in [0.05, 0.1) is 23.3 Å². The zero-order valence-corrected chi connectivity index (χ0v) is 17.6. The molecule has 1 aromatic carbocycles. The van der Waals surface area contributed by atoms with E-state index >= 15 is 0 Å². The first-order chi connectivity index (χ1) is 14.3. The summed E-state index contributed by atoms with van der Waals surface area (Å²) >= 11 is 0. The van der Waals surface area contributed by atoms with Gasteiger partial charge in [-0.3, -0.25) is 4.79 Å². The summed E-state index contributed by atoms with van der Waals surface area (Å²) in [7, 11) is -3.75. The number of hydrogen-bond acceptors (Lipinski definition) is 6. The predicted molar refractivity (Wildman–Crippen MR) is 109 cm³/mol. The predicted octanol–water partition coefficient (Wildman–Crippen LogP) is 2.61. The van der Waals surface area contributed by atoms with E-state index in [2.05, 4.69) is 17.0 Å². The van der Waals surface area contributed by atoms with Crippen LogP contribution in [0.4, 0.5) is 0 Å². The first-order valence-electron chi connectivity index (χ1n) is 9.94. The van der Waals surface area contributed by atoms with Crippen molar-refractivity contribution in [3.63, 3.8) is 0 Å². The summed E-state index contributed by atoms with van der Waals surface area (Å²) in [6.07, 6.45) is 5.73. The van der Waals surface area contributed by atoms with E-state index in [1.165, 1.54) is 36.9 Å². The molecule has 0 bridgehead atoms. The quantitative estimate of drug-likeness (QED) is 0.617. The third-order valence-electron chi connectivity index (χ3n) is 5.21. The maximum atomic E-state index is 12.3. The average Bonchev–Trinajstić information content (AvgIpc) is 3.26. The highest BCUT2D eigenvalue weighted by Crippen LogP contribution is 2.23. The Kier molecular flexibility index (Phi) is 7.28. The Labute approximate surface area is 176 Å². The lowest BCUT2D eigenvalue weighted by atomic mass is 9.86. The Balaban J connectivity index is 1.50. The van der Waals surface area contributed by atoms with Crippen LogP contribution in [0.2, 0.25) is 0 Å². The highest BCUT2D eigenvalue weighted by atomic mass is 32.2. The molecular weight excluding hydrogens is 408 g/mol. The standard InChI is InChI=1S/C21H26N2O6S/c1-15-5-2-3-7-19(15)23-20(24)14-29-21(25)16-8-10-18(11-9-16)30(26,27)22-13-17-6-4-12-28-17/h4,6,8-12,15,19,22H,2-3,5,7,13-14H2,1H3,(H,23,24)/t15-,19-/m1/s1. The number of rotatable bonds is 8.